The Morgan fingerprint density at radius 2 is 2.17 bits per heavy atom. The van der Waals surface area contributed by atoms with E-state index in [0.717, 1.165) is 5.76 Å². The first-order chi connectivity index (χ1) is 5.77. The van der Waals surface area contributed by atoms with Gasteiger partial charge < -0.3 is 4.42 Å². The molecule has 0 radical (unpaired) electrons. The van der Waals surface area contributed by atoms with Crippen molar-refractivity contribution in [2.24, 2.45) is 5.92 Å². The third-order valence-corrected chi connectivity index (χ3v) is 2.15. The van der Waals surface area contributed by atoms with Gasteiger partial charge in [0.15, 0.2) is 0 Å². The molecule has 1 aromatic heterocycles. The molecule has 12 heavy (non-hydrogen) atoms. The number of hydrogen-bond donors (Lipinski definition) is 0. The van der Waals surface area contributed by atoms with Gasteiger partial charge in [0.05, 0.1) is 6.26 Å². The number of allylic oxidation sites excluding steroid dienone is 4. The van der Waals surface area contributed by atoms with Crippen LogP contribution < -0.4 is 0 Å². The molecule has 0 bridgehead atoms. The Morgan fingerprint density at radius 1 is 1.33 bits per heavy atom. The standard InChI is InChI=1S/C11H12O/c1-8-6-9(2)10(7-8)11-4-3-5-12-11/h3-8H,1-2H3. The zero-order valence-electron chi connectivity index (χ0n) is 7.37. The zero-order chi connectivity index (χ0) is 8.55. The molecule has 1 aliphatic carbocycles. The van der Waals surface area contributed by atoms with E-state index in [1.54, 1.807) is 6.26 Å². The van der Waals surface area contributed by atoms with E-state index in [2.05, 4.69) is 26.0 Å². The van der Waals surface area contributed by atoms with Gasteiger partial charge in [-0.2, -0.15) is 0 Å². The first-order valence-electron chi connectivity index (χ1n) is 4.22. The van der Waals surface area contributed by atoms with Crippen LogP contribution in [0.2, 0.25) is 0 Å². The average molecular weight is 160 g/mol. The van der Waals surface area contributed by atoms with Gasteiger partial charge in [-0.05, 0) is 30.5 Å². The predicted molar refractivity (Wildman–Crippen MR) is 49.6 cm³/mol. The van der Waals surface area contributed by atoms with E-state index in [0.29, 0.717) is 5.92 Å². The smallest absolute Gasteiger partial charge is 0.133 e. The summed E-state index contributed by atoms with van der Waals surface area (Å²) in [5.41, 5.74) is 2.56. The Kier molecular flexibility index (Phi) is 1.65. The second kappa shape index (κ2) is 2.67. The minimum atomic E-state index is 0.546. The van der Waals surface area contributed by atoms with Crippen LogP contribution in [0, 0.1) is 5.92 Å². The fraction of sp³-hybridized carbons (Fsp3) is 0.273. The fourth-order valence-electron chi connectivity index (χ4n) is 1.63. The van der Waals surface area contributed by atoms with Crippen molar-refractivity contribution in [1.29, 1.82) is 0 Å². The van der Waals surface area contributed by atoms with Gasteiger partial charge in [0.25, 0.3) is 0 Å². The quantitative estimate of drug-likeness (QED) is 0.614. The van der Waals surface area contributed by atoms with E-state index >= 15 is 0 Å². The summed E-state index contributed by atoms with van der Waals surface area (Å²) < 4.78 is 5.33. The summed E-state index contributed by atoms with van der Waals surface area (Å²) in [6.45, 7) is 4.30. The van der Waals surface area contributed by atoms with Gasteiger partial charge in [-0.3, -0.25) is 0 Å². The summed E-state index contributed by atoms with van der Waals surface area (Å²) in [6, 6.07) is 3.92. The van der Waals surface area contributed by atoms with Crippen LogP contribution in [0.1, 0.15) is 19.6 Å². The Labute approximate surface area is 72.4 Å². The van der Waals surface area contributed by atoms with Gasteiger partial charge in [-0.15, -0.1) is 0 Å². The highest BCUT2D eigenvalue weighted by atomic mass is 16.3. The Balaban J connectivity index is 2.39. The van der Waals surface area contributed by atoms with E-state index in [-0.39, 0.29) is 0 Å². The van der Waals surface area contributed by atoms with Gasteiger partial charge >= 0.3 is 0 Å². The summed E-state index contributed by atoms with van der Waals surface area (Å²) >= 11 is 0. The predicted octanol–water partition coefficient (Wildman–Crippen LogP) is 3.26. The van der Waals surface area contributed by atoms with Crippen molar-refractivity contribution < 1.29 is 4.42 Å². The average Bonchev–Trinajstić information content (AvgIpc) is 2.58. The summed E-state index contributed by atoms with van der Waals surface area (Å²) in [5, 5.41) is 0. The zero-order valence-corrected chi connectivity index (χ0v) is 7.37. The van der Waals surface area contributed by atoms with E-state index in [1.165, 1.54) is 11.1 Å². The second-order valence-electron chi connectivity index (χ2n) is 3.27. The molecule has 1 heteroatoms. The Morgan fingerprint density at radius 3 is 2.67 bits per heavy atom. The van der Waals surface area contributed by atoms with Crippen LogP contribution in [0.3, 0.4) is 0 Å². The first kappa shape index (κ1) is 7.41. The lowest BCUT2D eigenvalue weighted by atomic mass is 10.1. The molecule has 0 N–H and O–H groups in total. The molecule has 1 aliphatic rings. The summed E-state index contributed by atoms with van der Waals surface area (Å²) in [6.07, 6.45) is 6.19. The fourth-order valence-corrected chi connectivity index (χ4v) is 1.63. The SMILES string of the molecule is CC1=CC(C)C=C1c1ccco1. The number of furan rings is 1. The van der Waals surface area contributed by atoms with E-state index in [1.807, 2.05) is 12.1 Å². The van der Waals surface area contributed by atoms with Crippen LogP contribution in [0.15, 0.2) is 40.5 Å². The highest BCUT2D eigenvalue weighted by Crippen LogP contribution is 2.31. The van der Waals surface area contributed by atoms with Gasteiger partial charge in [0.2, 0.25) is 0 Å². The first-order valence-corrected chi connectivity index (χ1v) is 4.22. The molecule has 0 saturated heterocycles. The molecule has 1 heterocycles. The van der Waals surface area contributed by atoms with Crippen LogP contribution in [0.25, 0.3) is 5.57 Å². The molecule has 0 aromatic carbocycles. The minimum absolute atomic E-state index is 0.546. The molecule has 0 spiro atoms. The van der Waals surface area contributed by atoms with Crippen LogP contribution >= 0.6 is 0 Å². The lowest BCUT2D eigenvalue weighted by Crippen LogP contribution is -1.77. The largest absolute Gasteiger partial charge is 0.464 e. The maximum Gasteiger partial charge on any atom is 0.133 e. The van der Waals surface area contributed by atoms with E-state index in [4.69, 9.17) is 4.42 Å². The van der Waals surface area contributed by atoms with Crippen molar-refractivity contribution in [1.82, 2.24) is 0 Å². The number of rotatable bonds is 1. The van der Waals surface area contributed by atoms with Crippen LogP contribution in [0.4, 0.5) is 0 Å². The molecule has 0 amide bonds. The summed E-state index contributed by atoms with van der Waals surface area (Å²) in [4.78, 5) is 0. The van der Waals surface area contributed by atoms with Gasteiger partial charge in [-0.25, -0.2) is 0 Å². The van der Waals surface area contributed by atoms with Crippen molar-refractivity contribution in [3.8, 4) is 0 Å². The minimum Gasteiger partial charge on any atom is -0.464 e. The van der Waals surface area contributed by atoms with Gasteiger partial charge in [-0.1, -0.05) is 19.1 Å². The highest BCUT2D eigenvalue weighted by Gasteiger charge is 2.13. The molecule has 1 aromatic rings. The molecule has 2 rings (SSSR count). The van der Waals surface area contributed by atoms with Crippen LogP contribution in [-0.2, 0) is 0 Å². The molecule has 1 atom stereocenters. The van der Waals surface area contributed by atoms with Crippen molar-refractivity contribution in [3.05, 3.63) is 41.9 Å². The molecule has 0 saturated carbocycles. The molecular formula is C11H12O. The van der Waals surface area contributed by atoms with Crippen LogP contribution in [-0.4, -0.2) is 0 Å². The summed E-state index contributed by atoms with van der Waals surface area (Å²) in [5.74, 6) is 1.53. The molecule has 1 nitrogen and oxygen atoms in total. The maximum absolute atomic E-state index is 5.33. The van der Waals surface area contributed by atoms with Crippen molar-refractivity contribution in [3.63, 3.8) is 0 Å². The molecule has 0 aliphatic heterocycles. The maximum atomic E-state index is 5.33. The van der Waals surface area contributed by atoms with E-state index < -0.39 is 0 Å². The lowest BCUT2D eigenvalue weighted by molar-refractivity contribution is 0.553. The highest BCUT2D eigenvalue weighted by molar-refractivity contribution is 5.78. The molecule has 62 valence electrons. The second-order valence-corrected chi connectivity index (χ2v) is 3.27. The third-order valence-electron chi connectivity index (χ3n) is 2.15. The monoisotopic (exact) mass is 160 g/mol. The van der Waals surface area contributed by atoms with Gasteiger partial charge in [0, 0.05) is 5.57 Å². The molecule has 1 unspecified atom stereocenters. The topological polar surface area (TPSA) is 13.1 Å². The van der Waals surface area contributed by atoms with Crippen molar-refractivity contribution >= 4 is 5.57 Å². The molecular weight excluding hydrogens is 148 g/mol. The number of hydrogen-bond acceptors (Lipinski definition) is 1. The van der Waals surface area contributed by atoms with Crippen molar-refractivity contribution in [2.45, 2.75) is 13.8 Å². The Hall–Kier alpha value is -1.24. The van der Waals surface area contributed by atoms with E-state index in [9.17, 15) is 0 Å². The third kappa shape index (κ3) is 1.11. The van der Waals surface area contributed by atoms with Gasteiger partial charge in [0.1, 0.15) is 5.76 Å². The summed E-state index contributed by atoms with van der Waals surface area (Å²) in [7, 11) is 0. The normalized spacial score (nSPS) is 22.3. The van der Waals surface area contributed by atoms with Crippen LogP contribution in [0.5, 0.6) is 0 Å². The molecule has 0 fully saturated rings. The van der Waals surface area contributed by atoms with Crippen molar-refractivity contribution in [2.75, 3.05) is 0 Å². The Bertz CT molecular complexity index is 328. The lowest BCUT2D eigenvalue weighted by Gasteiger charge is -1.97.